The van der Waals surface area contributed by atoms with E-state index >= 15 is 0 Å². The van der Waals surface area contributed by atoms with Gasteiger partial charge in [0, 0.05) is 18.0 Å². The van der Waals surface area contributed by atoms with E-state index in [0.29, 0.717) is 11.0 Å². The van der Waals surface area contributed by atoms with Gasteiger partial charge in [-0.1, -0.05) is 39.9 Å². The number of thiocarbonyl (C=S) groups is 1. The van der Waals surface area contributed by atoms with Crippen molar-refractivity contribution in [2.75, 3.05) is 13.1 Å². The smallest absolute Gasteiger partial charge is 0.0784 e. The van der Waals surface area contributed by atoms with Crippen molar-refractivity contribution >= 4 is 17.2 Å². The van der Waals surface area contributed by atoms with Gasteiger partial charge in [0.05, 0.1) is 4.99 Å². The lowest BCUT2D eigenvalue weighted by molar-refractivity contribution is 0.189. The molecule has 3 heteroatoms. The summed E-state index contributed by atoms with van der Waals surface area (Å²) < 4.78 is 0. The predicted octanol–water partition coefficient (Wildman–Crippen LogP) is 3.45. The molecule has 17 heavy (non-hydrogen) atoms. The highest BCUT2D eigenvalue weighted by molar-refractivity contribution is 7.80. The van der Waals surface area contributed by atoms with E-state index in [9.17, 15) is 0 Å². The maximum atomic E-state index is 5.75. The highest BCUT2D eigenvalue weighted by atomic mass is 32.1. The van der Waals surface area contributed by atoms with Gasteiger partial charge in [0.15, 0.2) is 0 Å². The molecule has 0 spiro atoms. The maximum Gasteiger partial charge on any atom is 0.0784 e. The van der Waals surface area contributed by atoms with Crippen molar-refractivity contribution in [3.05, 3.63) is 0 Å². The molecule has 0 amide bonds. The van der Waals surface area contributed by atoms with Crippen molar-refractivity contribution in [3.8, 4) is 0 Å². The standard InChI is InChI=1S/C14H30N2S/c1-11(2)10-16(12(3)4)9-7-8-14(5,6)13(15)17/h11-12H,7-10H2,1-6H3,(H2,15,17). The van der Waals surface area contributed by atoms with Crippen LogP contribution in [0.5, 0.6) is 0 Å². The van der Waals surface area contributed by atoms with E-state index < -0.39 is 0 Å². The van der Waals surface area contributed by atoms with E-state index in [2.05, 4.69) is 46.4 Å². The van der Waals surface area contributed by atoms with Crippen molar-refractivity contribution in [1.29, 1.82) is 0 Å². The first kappa shape index (κ1) is 16.9. The van der Waals surface area contributed by atoms with Gasteiger partial charge < -0.3 is 10.6 Å². The van der Waals surface area contributed by atoms with Crippen LogP contribution in [0.15, 0.2) is 0 Å². The summed E-state index contributed by atoms with van der Waals surface area (Å²) in [4.78, 5) is 3.18. The van der Waals surface area contributed by atoms with Crippen molar-refractivity contribution < 1.29 is 0 Å². The fourth-order valence-corrected chi connectivity index (χ4v) is 1.98. The third kappa shape index (κ3) is 6.99. The Bertz CT molecular complexity index is 234. The summed E-state index contributed by atoms with van der Waals surface area (Å²) >= 11 is 5.10. The Hall–Kier alpha value is -0.150. The number of rotatable bonds is 8. The quantitative estimate of drug-likeness (QED) is 0.676. The minimum Gasteiger partial charge on any atom is -0.393 e. The predicted molar refractivity (Wildman–Crippen MR) is 81.3 cm³/mol. The Morgan fingerprint density at radius 2 is 1.76 bits per heavy atom. The second-order valence-electron chi connectivity index (χ2n) is 6.33. The van der Waals surface area contributed by atoms with Gasteiger partial charge in [-0.05, 0) is 39.2 Å². The molecule has 2 N–H and O–H groups in total. The number of nitrogens with two attached hydrogens (primary N) is 1. The molecule has 102 valence electrons. The lowest BCUT2D eigenvalue weighted by Gasteiger charge is -2.30. The molecule has 0 rings (SSSR count). The highest BCUT2D eigenvalue weighted by Gasteiger charge is 2.21. The zero-order valence-corrected chi connectivity index (χ0v) is 13.2. The second kappa shape index (κ2) is 7.32. The average molecular weight is 258 g/mol. The van der Waals surface area contributed by atoms with Gasteiger partial charge in [0.2, 0.25) is 0 Å². The van der Waals surface area contributed by atoms with Crippen LogP contribution in [0.4, 0.5) is 0 Å². The molecule has 0 aromatic rings. The van der Waals surface area contributed by atoms with Gasteiger partial charge >= 0.3 is 0 Å². The van der Waals surface area contributed by atoms with Crippen molar-refractivity contribution in [1.82, 2.24) is 4.90 Å². The van der Waals surface area contributed by atoms with Gasteiger partial charge in [0.25, 0.3) is 0 Å². The van der Waals surface area contributed by atoms with E-state index in [-0.39, 0.29) is 5.41 Å². The van der Waals surface area contributed by atoms with Gasteiger partial charge in [-0.3, -0.25) is 0 Å². The monoisotopic (exact) mass is 258 g/mol. The Labute approximate surface area is 113 Å². The summed E-state index contributed by atoms with van der Waals surface area (Å²) in [5, 5.41) is 0. The highest BCUT2D eigenvalue weighted by Crippen LogP contribution is 2.23. The first-order chi connectivity index (χ1) is 7.66. The van der Waals surface area contributed by atoms with Gasteiger partial charge in [-0.25, -0.2) is 0 Å². The van der Waals surface area contributed by atoms with Crippen LogP contribution in [0, 0.1) is 11.3 Å². The second-order valence-corrected chi connectivity index (χ2v) is 6.77. The summed E-state index contributed by atoms with van der Waals surface area (Å²) in [5.41, 5.74) is 5.74. The normalized spacial score (nSPS) is 12.8. The molecule has 2 nitrogen and oxygen atoms in total. The number of hydrogen-bond acceptors (Lipinski definition) is 2. The molecule has 0 aliphatic carbocycles. The molecule has 0 aliphatic heterocycles. The Kier molecular flexibility index (Phi) is 7.26. The van der Waals surface area contributed by atoms with Crippen LogP contribution >= 0.6 is 12.2 Å². The minimum absolute atomic E-state index is 0.00415. The molecule has 0 aromatic carbocycles. The Morgan fingerprint density at radius 3 is 2.12 bits per heavy atom. The van der Waals surface area contributed by atoms with Gasteiger partial charge in [-0.2, -0.15) is 0 Å². The Morgan fingerprint density at radius 1 is 1.24 bits per heavy atom. The van der Waals surface area contributed by atoms with Crippen molar-refractivity contribution in [2.24, 2.45) is 17.1 Å². The van der Waals surface area contributed by atoms with E-state index in [1.165, 1.54) is 6.54 Å². The molecule has 0 fully saturated rings. The van der Waals surface area contributed by atoms with Gasteiger partial charge in [0.1, 0.15) is 0 Å². The van der Waals surface area contributed by atoms with Crippen LogP contribution in [-0.2, 0) is 0 Å². The first-order valence-electron chi connectivity index (χ1n) is 6.70. The molecule has 0 aliphatic rings. The largest absolute Gasteiger partial charge is 0.393 e. The SMILES string of the molecule is CC(C)CN(CCCC(C)(C)C(N)=S)C(C)C. The summed E-state index contributed by atoms with van der Waals surface area (Å²) in [6.07, 6.45) is 2.24. The fourth-order valence-electron chi connectivity index (χ4n) is 1.88. The minimum atomic E-state index is -0.00415. The Balaban J connectivity index is 4.11. The summed E-state index contributed by atoms with van der Waals surface area (Å²) in [6.45, 7) is 15.7. The summed E-state index contributed by atoms with van der Waals surface area (Å²) in [6, 6.07) is 0.616. The fraction of sp³-hybridized carbons (Fsp3) is 0.929. The molecule has 0 saturated heterocycles. The van der Waals surface area contributed by atoms with E-state index in [1.807, 2.05) is 0 Å². The van der Waals surface area contributed by atoms with Crippen molar-refractivity contribution in [3.63, 3.8) is 0 Å². The van der Waals surface area contributed by atoms with Crippen LogP contribution < -0.4 is 5.73 Å². The number of nitrogens with zero attached hydrogens (tertiary/aromatic N) is 1. The topological polar surface area (TPSA) is 29.3 Å². The zero-order chi connectivity index (χ0) is 13.6. The zero-order valence-electron chi connectivity index (χ0n) is 12.4. The van der Waals surface area contributed by atoms with Crippen LogP contribution in [0.25, 0.3) is 0 Å². The van der Waals surface area contributed by atoms with E-state index in [0.717, 1.165) is 25.3 Å². The summed E-state index contributed by atoms with van der Waals surface area (Å²) in [5.74, 6) is 0.723. The van der Waals surface area contributed by atoms with E-state index in [1.54, 1.807) is 0 Å². The maximum absolute atomic E-state index is 5.75. The lowest BCUT2D eigenvalue weighted by atomic mass is 9.88. The van der Waals surface area contributed by atoms with Crippen LogP contribution in [0.1, 0.15) is 54.4 Å². The molecular weight excluding hydrogens is 228 g/mol. The van der Waals surface area contributed by atoms with Crippen LogP contribution in [0.3, 0.4) is 0 Å². The molecule has 0 aromatic heterocycles. The lowest BCUT2D eigenvalue weighted by Crippen LogP contribution is -2.36. The molecule has 0 heterocycles. The average Bonchev–Trinajstić information content (AvgIpc) is 2.14. The van der Waals surface area contributed by atoms with Crippen LogP contribution in [-0.4, -0.2) is 29.0 Å². The molecule has 0 unspecified atom stereocenters. The molecular formula is C14H30N2S. The molecule has 0 atom stereocenters. The van der Waals surface area contributed by atoms with Gasteiger partial charge in [-0.15, -0.1) is 0 Å². The third-order valence-electron chi connectivity index (χ3n) is 3.24. The first-order valence-corrected chi connectivity index (χ1v) is 7.11. The third-order valence-corrected chi connectivity index (χ3v) is 3.80. The number of hydrogen-bond donors (Lipinski definition) is 1. The van der Waals surface area contributed by atoms with E-state index in [4.69, 9.17) is 18.0 Å². The molecule has 0 radical (unpaired) electrons. The molecule has 0 saturated carbocycles. The van der Waals surface area contributed by atoms with Crippen molar-refractivity contribution in [2.45, 2.75) is 60.4 Å². The summed E-state index contributed by atoms with van der Waals surface area (Å²) in [7, 11) is 0. The van der Waals surface area contributed by atoms with Crippen LogP contribution in [0.2, 0.25) is 0 Å². The molecule has 0 bridgehead atoms.